The second kappa shape index (κ2) is 8.71. The monoisotopic (exact) mass is 468 g/mol. The second-order valence-corrected chi connectivity index (χ2v) is 9.14. The van der Waals surface area contributed by atoms with Crippen molar-refractivity contribution in [2.24, 2.45) is 0 Å². The van der Waals surface area contributed by atoms with Crippen LogP contribution in [0.2, 0.25) is 0 Å². The predicted molar refractivity (Wildman–Crippen MR) is 107 cm³/mol. The second-order valence-electron chi connectivity index (χ2n) is 6.28. The van der Waals surface area contributed by atoms with Crippen LogP contribution in [-0.2, 0) is 19.6 Å². The summed E-state index contributed by atoms with van der Waals surface area (Å²) >= 11 is 3.41. The Labute approximate surface area is 173 Å². The molecule has 2 aromatic carbocycles. The zero-order chi connectivity index (χ0) is 20.3. The molecule has 3 rings (SSSR count). The van der Waals surface area contributed by atoms with Crippen molar-refractivity contribution in [3.63, 3.8) is 0 Å². The number of carbonyl (C=O) groups is 1. The van der Waals surface area contributed by atoms with Crippen LogP contribution in [0.1, 0.15) is 22.0 Å². The number of hydrogen-bond acceptors (Lipinski definition) is 5. The maximum absolute atomic E-state index is 12.9. The normalized spacial score (nSPS) is 17.7. The smallest absolute Gasteiger partial charge is 0.264 e. The number of hydroxylamine groups is 1. The molecule has 1 aliphatic rings. The van der Waals surface area contributed by atoms with Crippen molar-refractivity contribution in [2.45, 2.75) is 11.0 Å². The van der Waals surface area contributed by atoms with Gasteiger partial charge < -0.3 is 9.64 Å². The van der Waals surface area contributed by atoms with E-state index in [1.54, 1.807) is 4.90 Å². The average molecular weight is 469 g/mol. The lowest BCUT2D eigenvalue weighted by Crippen LogP contribution is -2.42. The first kappa shape index (κ1) is 20.9. The van der Waals surface area contributed by atoms with Gasteiger partial charge in [-0.2, -0.15) is 0 Å². The summed E-state index contributed by atoms with van der Waals surface area (Å²) in [5.41, 5.74) is 1.43. The van der Waals surface area contributed by atoms with E-state index in [2.05, 4.69) is 15.9 Å². The predicted octanol–water partition coefficient (Wildman–Crippen LogP) is 2.84. The summed E-state index contributed by atoms with van der Waals surface area (Å²) in [5.74, 6) is -0.158. The molecule has 0 radical (unpaired) electrons. The molecule has 0 saturated carbocycles. The Balaban J connectivity index is 1.73. The fourth-order valence-electron chi connectivity index (χ4n) is 2.91. The Hall–Kier alpha value is -1.78. The van der Waals surface area contributed by atoms with E-state index in [9.17, 15) is 13.2 Å². The Kier molecular flexibility index (Phi) is 6.51. The summed E-state index contributed by atoms with van der Waals surface area (Å²) in [6.45, 7) is 1.36. The van der Waals surface area contributed by atoms with Crippen LogP contribution in [0, 0.1) is 0 Å². The molecular formula is C19H21BrN2O5S. The molecule has 2 aromatic rings. The molecule has 9 heteroatoms. The molecule has 0 N–H and O–H groups in total. The largest absolute Gasteiger partial charge is 0.370 e. The highest BCUT2D eigenvalue weighted by molar-refractivity contribution is 9.10. The molecule has 1 unspecified atom stereocenters. The third-order valence-electron chi connectivity index (χ3n) is 4.59. The molecule has 1 amide bonds. The van der Waals surface area contributed by atoms with Crippen molar-refractivity contribution in [3.8, 4) is 0 Å². The molecule has 28 heavy (non-hydrogen) atoms. The lowest BCUT2D eigenvalue weighted by atomic mass is 10.1. The van der Waals surface area contributed by atoms with E-state index in [4.69, 9.17) is 9.57 Å². The number of nitrogens with zero attached hydrogens (tertiary/aromatic N) is 2. The number of hydrogen-bond donors (Lipinski definition) is 0. The van der Waals surface area contributed by atoms with E-state index in [1.165, 1.54) is 38.4 Å². The minimum Gasteiger partial charge on any atom is -0.370 e. The number of rotatable bonds is 5. The minimum absolute atomic E-state index is 0.0584. The summed E-state index contributed by atoms with van der Waals surface area (Å²) in [6, 6.07) is 13.7. The summed E-state index contributed by atoms with van der Waals surface area (Å²) in [7, 11) is -1.16. The van der Waals surface area contributed by atoms with Gasteiger partial charge >= 0.3 is 0 Å². The van der Waals surface area contributed by atoms with Gasteiger partial charge in [-0.1, -0.05) is 32.5 Å². The van der Waals surface area contributed by atoms with Crippen LogP contribution >= 0.6 is 15.9 Å². The van der Waals surface area contributed by atoms with E-state index >= 15 is 0 Å². The number of halogens is 1. The van der Waals surface area contributed by atoms with Crippen LogP contribution < -0.4 is 0 Å². The Morgan fingerprint density at radius 2 is 1.82 bits per heavy atom. The first-order valence-electron chi connectivity index (χ1n) is 8.62. The third-order valence-corrected chi connectivity index (χ3v) is 6.81. The summed E-state index contributed by atoms with van der Waals surface area (Å²) < 4.78 is 32.1. The molecule has 0 aliphatic carbocycles. The summed E-state index contributed by atoms with van der Waals surface area (Å²) in [4.78, 5) is 19.4. The van der Waals surface area contributed by atoms with Gasteiger partial charge in [0.2, 0.25) is 0 Å². The first-order chi connectivity index (χ1) is 13.3. The quantitative estimate of drug-likeness (QED) is 0.630. The van der Waals surface area contributed by atoms with E-state index in [0.29, 0.717) is 25.3 Å². The van der Waals surface area contributed by atoms with Crippen LogP contribution in [0.4, 0.5) is 0 Å². The Bertz CT molecular complexity index is 932. The van der Waals surface area contributed by atoms with Gasteiger partial charge in [-0.15, -0.1) is 0 Å². The number of morpholine rings is 1. The molecule has 0 spiro atoms. The van der Waals surface area contributed by atoms with Crippen LogP contribution in [0.3, 0.4) is 0 Å². The lowest BCUT2D eigenvalue weighted by molar-refractivity contribution is -0.0258. The van der Waals surface area contributed by atoms with Gasteiger partial charge in [0.1, 0.15) is 6.10 Å². The molecule has 0 aromatic heterocycles. The molecule has 1 atom stereocenters. The van der Waals surface area contributed by atoms with Gasteiger partial charge in [0.15, 0.2) is 0 Å². The topological polar surface area (TPSA) is 76.2 Å². The van der Waals surface area contributed by atoms with Gasteiger partial charge in [-0.3, -0.25) is 9.63 Å². The third kappa shape index (κ3) is 4.44. The van der Waals surface area contributed by atoms with Gasteiger partial charge in [-0.05, 0) is 42.0 Å². The van der Waals surface area contributed by atoms with Crippen molar-refractivity contribution in [1.29, 1.82) is 0 Å². The highest BCUT2D eigenvalue weighted by atomic mass is 79.9. The fourth-order valence-corrected chi connectivity index (χ4v) is 4.15. The molecule has 1 fully saturated rings. The number of benzene rings is 2. The van der Waals surface area contributed by atoms with E-state index in [0.717, 1.165) is 14.5 Å². The molecular weight excluding hydrogens is 448 g/mol. The Morgan fingerprint density at radius 1 is 1.18 bits per heavy atom. The van der Waals surface area contributed by atoms with Gasteiger partial charge in [0.05, 0.1) is 25.2 Å². The molecule has 1 aliphatic heterocycles. The van der Waals surface area contributed by atoms with Gasteiger partial charge in [0, 0.05) is 23.6 Å². The minimum atomic E-state index is -3.74. The number of ether oxygens (including phenoxy) is 1. The van der Waals surface area contributed by atoms with E-state index in [-0.39, 0.29) is 16.9 Å². The van der Waals surface area contributed by atoms with Crippen LogP contribution in [0.5, 0.6) is 0 Å². The molecule has 1 heterocycles. The zero-order valence-electron chi connectivity index (χ0n) is 15.5. The standard InChI is InChI=1S/C19H21BrN2O5S/c1-21(26-2)28(24,25)17-9-5-15(6-10-17)19(23)22-11-12-27-18(13-22)14-3-7-16(20)8-4-14/h3-10,18H,11-13H2,1-2H3. The van der Waals surface area contributed by atoms with Crippen LogP contribution in [0.15, 0.2) is 57.9 Å². The van der Waals surface area contributed by atoms with Crippen LogP contribution in [0.25, 0.3) is 0 Å². The maximum atomic E-state index is 12.9. The van der Waals surface area contributed by atoms with Crippen molar-refractivity contribution in [1.82, 2.24) is 9.37 Å². The van der Waals surface area contributed by atoms with Crippen molar-refractivity contribution >= 4 is 31.9 Å². The first-order valence-corrected chi connectivity index (χ1v) is 10.9. The maximum Gasteiger partial charge on any atom is 0.264 e. The Morgan fingerprint density at radius 3 is 2.43 bits per heavy atom. The summed E-state index contributed by atoms with van der Waals surface area (Å²) in [6.07, 6.45) is -0.194. The molecule has 0 bridgehead atoms. The van der Waals surface area contributed by atoms with Crippen molar-refractivity contribution in [3.05, 3.63) is 64.1 Å². The highest BCUT2D eigenvalue weighted by Crippen LogP contribution is 2.25. The highest BCUT2D eigenvalue weighted by Gasteiger charge is 2.27. The molecule has 1 saturated heterocycles. The van der Waals surface area contributed by atoms with Gasteiger partial charge in [0.25, 0.3) is 15.9 Å². The van der Waals surface area contributed by atoms with E-state index in [1.807, 2.05) is 24.3 Å². The molecule has 150 valence electrons. The summed E-state index contributed by atoms with van der Waals surface area (Å²) in [5, 5.41) is 0. The van der Waals surface area contributed by atoms with Gasteiger partial charge in [-0.25, -0.2) is 8.42 Å². The molecule has 7 nitrogen and oxygen atoms in total. The van der Waals surface area contributed by atoms with Crippen LogP contribution in [-0.4, -0.2) is 57.5 Å². The fraction of sp³-hybridized carbons (Fsp3) is 0.316. The number of sulfonamides is 1. The average Bonchev–Trinajstić information content (AvgIpc) is 2.73. The number of carbonyl (C=O) groups excluding carboxylic acids is 1. The van der Waals surface area contributed by atoms with Crippen molar-refractivity contribution in [2.75, 3.05) is 33.9 Å². The SMILES string of the molecule is CON(C)S(=O)(=O)c1ccc(C(=O)N2CCOC(c3ccc(Br)cc3)C2)cc1. The number of amides is 1. The lowest BCUT2D eigenvalue weighted by Gasteiger charge is -2.33. The zero-order valence-corrected chi connectivity index (χ0v) is 17.9. The van der Waals surface area contributed by atoms with Crippen molar-refractivity contribution < 1.29 is 22.8 Å². The van der Waals surface area contributed by atoms with E-state index < -0.39 is 10.0 Å².